The fraction of sp³-hybridized carbons (Fsp3) is 0.333. The number of benzene rings is 3. The lowest BCUT2D eigenvalue weighted by Gasteiger charge is -2.24. The molecule has 1 unspecified atom stereocenters. The van der Waals surface area contributed by atoms with Crippen LogP contribution >= 0.6 is 0 Å². The van der Waals surface area contributed by atoms with Crippen molar-refractivity contribution >= 4 is 0 Å². The quantitative estimate of drug-likeness (QED) is 0.436. The molecule has 32 heavy (non-hydrogen) atoms. The van der Waals surface area contributed by atoms with Gasteiger partial charge in [-0.15, -0.1) is 0 Å². The highest BCUT2D eigenvalue weighted by molar-refractivity contribution is 5.15. The number of ether oxygens (including phenoxy) is 5. The lowest BCUT2D eigenvalue weighted by molar-refractivity contribution is -0.170. The Morgan fingerprint density at radius 1 is 0.625 bits per heavy atom. The van der Waals surface area contributed by atoms with Gasteiger partial charge in [0.15, 0.2) is 6.29 Å². The first kappa shape index (κ1) is 22.6. The lowest BCUT2D eigenvalue weighted by Crippen LogP contribution is -2.39. The maximum Gasteiger partial charge on any atom is 0.186 e. The molecule has 0 amide bonds. The maximum atomic E-state index is 6.33. The van der Waals surface area contributed by atoms with Gasteiger partial charge in [-0.05, 0) is 16.7 Å². The summed E-state index contributed by atoms with van der Waals surface area (Å²) in [7, 11) is 1.63. The Morgan fingerprint density at radius 3 is 1.59 bits per heavy atom. The topological polar surface area (TPSA) is 46.2 Å². The van der Waals surface area contributed by atoms with Crippen molar-refractivity contribution in [2.45, 2.75) is 44.4 Å². The van der Waals surface area contributed by atoms with Crippen LogP contribution in [0.25, 0.3) is 0 Å². The van der Waals surface area contributed by atoms with Crippen LogP contribution in [-0.4, -0.2) is 38.3 Å². The van der Waals surface area contributed by atoms with Crippen LogP contribution in [0.2, 0.25) is 0 Å². The van der Waals surface area contributed by atoms with Crippen LogP contribution in [0.5, 0.6) is 0 Å². The predicted octanol–water partition coefficient (Wildman–Crippen LogP) is 4.75. The molecule has 3 aromatic carbocycles. The third-order valence-electron chi connectivity index (χ3n) is 5.46. The third kappa shape index (κ3) is 6.25. The molecule has 1 aliphatic rings. The molecule has 0 aliphatic carbocycles. The van der Waals surface area contributed by atoms with Gasteiger partial charge in [-0.25, -0.2) is 0 Å². The van der Waals surface area contributed by atoms with E-state index in [4.69, 9.17) is 23.7 Å². The Morgan fingerprint density at radius 2 is 1.09 bits per heavy atom. The second-order valence-corrected chi connectivity index (χ2v) is 7.80. The standard InChI is InChI=1S/C27H30O5/c1-28-27-26(31-19-23-15-9-4-10-16-23)25(30-18-22-13-7-3-8-14-22)24(32-27)20-29-17-21-11-5-2-6-12-21/h2-16,24-27H,17-20H2,1H3/t24-,25-,26?,27-/m1/s1. The van der Waals surface area contributed by atoms with E-state index in [-0.39, 0.29) is 18.3 Å². The summed E-state index contributed by atoms with van der Waals surface area (Å²) in [6.45, 7) is 1.82. The van der Waals surface area contributed by atoms with Crippen LogP contribution in [0.15, 0.2) is 91.0 Å². The third-order valence-corrected chi connectivity index (χ3v) is 5.46. The highest BCUT2D eigenvalue weighted by atomic mass is 16.7. The van der Waals surface area contributed by atoms with Gasteiger partial charge < -0.3 is 23.7 Å². The summed E-state index contributed by atoms with van der Waals surface area (Å²) in [6, 6.07) is 30.3. The fourth-order valence-corrected chi connectivity index (χ4v) is 3.79. The zero-order valence-corrected chi connectivity index (χ0v) is 18.3. The van der Waals surface area contributed by atoms with E-state index in [9.17, 15) is 0 Å². The summed E-state index contributed by atoms with van der Waals surface area (Å²) in [5.74, 6) is 0. The van der Waals surface area contributed by atoms with E-state index in [0.29, 0.717) is 26.4 Å². The number of hydrogen-bond donors (Lipinski definition) is 0. The van der Waals surface area contributed by atoms with Gasteiger partial charge in [0.05, 0.1) is 26.4 Å². The van der Waals surface area contributed by atoms with E-state index in [1.165, 1.54) is 0 Å². The smallest absolute Gasteiger partial charge is 0.186 e. The molecule has 5 nitrogen and oxygen atoms in total. The SMILES string of the molecule is CO[C@@H]1O[C@H](COCc2ccccc2)[C@@H](OCc2ccccc2)C1OCc1ccccc1. The van der Waals surface area contributed by atoms with E-state index in [1.54, 1.807) is 7.11 Å². The molecule has 1 saturated heterocycles. The molecule has 1 heterocycles. The predicted molar refractivity (Wildman–Crippen MR) is 122 cm³/mol. The van der Waals surface area contributed by atoms with Crippen molar-refractivity contribution in [3.8, 4) is 0 Å². The molecule has 0 saturated carbocycles. The lowest BCUT2D eigenvalue weighted by atomic mass is 10.1. The van der Waals surface area contributed by atoms with Gasteiger partial charge in [-0.2, -0.15) is 0 Å². The molecule has 4 atom stereocenters. The van der Waals surface area contributed by atoms with Crippen molar-refractivity contribution in [1.82, 2.24) is 0 Å². The highest BCUT2D eigenvalue weighted by Crippen LogP contribution is 2.29. The normalized spacial score (nSPS) is 22.8. The summed E-state index contributed by atoms with van der Waals surface area (Å²) in [5.41, 5.74) is 3.31. The minimum absolute atomic E-state index is 0.298. The van der Waals surface area contributed by atoms with Gasteiger partial charge in [0.1, 0.15) is 18.3 Å². The fourth-order valence-electron chi connectivity index (χ4n) is 3.79. The Labute approximate surface area is 189 Å². The summed E-state index contributed by atoms with van der Waals surface area (Å²) in [4.78, 5) is 0. The van der Waals surface area contributed by atoms with Gasteiger partial charge in [-0.1, -0.05) is 91.0 Å². The molecule has 3 aromatic rings. The van der Waals surface area contributed by atoms with Crippen LogP contribution < -0.4 is 0 Å². The van der Waals surface area contributed by atoms with Crippen molar-refractivity contribution < 1.29 is 23.7 Å². The average molecular weight is 435 g/mol. The molecule has 0 spiro atoms. The Bertz CT molecular complexity index is 903. The molecule has 4 rings (SSSR count). The van der Waals surface area contributed by atoms with E-state index in [2.05, 4.69) is 0 Å². The molecule has 1 fully saturated rings. The van der Waals surface area contributed by atoms with Crippen molar-refractivity contribution in [1.29, 1.82) is 0 Å². The highest BCUT2D eigenvalue weighted by Gasteiger charge is 2.46. The number of rotatable bonds is 11. The van der Waals surface area contributed by atoms with E-state index in [0.717, 1.165) is 16.7 Å². The second-order valence-electron chi connectivity index (χ2n) is 7.80. The first-order valence-electron chi connectivity index (χ1n) is 10.9. The zero-order chi connectivity index (χ0) is 22.0. The average Bonchev–Trinajstić information content (AvgIpc) is 3.19. The van der Waals surface area contributed by atoms with Crippen LogP contribution in [0, 0.1) is 0 Å². The Balaban J connectivity index is 1.42. The van der Waals surface area contributed by atoms with Crippen molar-refractivity contribution in [2.75, 3.05) is 13.7 Å². The monoisotopic (exact) mass is 434 g/mol. The first-order chi connectivity index (χ1) is 15.8. The van der Waals surface area contributed by atoms with E-state index >= 15 is 0 Å². The summed E-state index contributed by atoms with van der Waals surface area (Å²) >= 11 is 0. The largest absolute Gasteiger partial charge is 0.374 e. The molecule has 0 bridgehead atoms. The van der Waals surface area contributed by atoms with Gasteiger partial charge in [0.25, 0.3) is 0 Å². The zero-order valence-electron chi connectivity index (χ0n) is 18.3. The van der Waals surface area contributed by atoms with Crippen LogP contribution in [-0.2, 0) is 43.5 Å². The van der Waals surface area contributed by atoms with Gasteiger partial charge in [0, 0.05) is 7.11 Å². The first-order valence-corrected chi connectivity index (χ1v) is 10.9. The van der Waals surface area contributed by atoms with Crippen LogP contribution in [0.4, 0.5) is 0 Å². The molecular formula is C27H30O5. The summed E-state index contributed by atoms with van der Waals surface area (Å²) < 4.78 is 30.3. The van der Waals surface area contributed by atoms with Crippen molar-refractivity contribution in [2.24, 2.45) is 0 Å². The molecule has 0 aromatic heterocycles. The summed E-state index contributed by atoms with van der Waals surface area (Å²) in [5, 5.41) is 0. The van der Waals surface area contributed by atoms with Gasteiger partial charge in [0.2, 0.25) is 0 Å². The number of hydrogen-bond acceptors (Lipinski definition) is 5. The van der Waals surface area contributed by atoms with Crippen LogP contribution in [0.1, 0.15) is 16.7 Å². The minimum atomic E-state index is -0.523. The summed E-state index contributed by atoms with van der Waals surface area (Å²) in [6.07, 6.45) is -1.51. The molecule has 5 heteroatoms. The van der Waals surface area contributed by atoms with Crippen molar-refractivity contribution in [3.05, 3.63) is 108 Å². The van der Waals surface area contributed by atoms with E-state index in [1.807, 2.05) is 91.0 Å². The number of methoxy groups -OCH3 is 1. The van der Waals surface area contributed by atoms with E-state index < -0.39 is 6.29 Å². The molecular weight excluding hydrogens is 404 g/mol. The maximum absolute atomic E-state index is 6.33. The Hall–Kier alpha value is -2.54. The molecule has 168 valence electrons. The van der Waals surface area contributed by atoms with Gasteiger partial charge >= 0.3 is 0 Å². The molecule has 0 N–H and O–H groups in total. The van der Waals surface area contributed by atoms with Gasteiger partial charge in [-0.3, -0.25) is 0 Å². The van der Waals surface area contributed by atoms with Crippen LogP contribution in [0.3, 0.4) is 0 Å². The molecule has 1 aliphatic heterocycles. The van der Waals surface area contributed by atoms with Crippen molar-refractivity contribution in [3.63, 3.8) is 0 Å². The minimum Gasteiger partial charge on any atom is -0.374 e. The molecule has 0 radical (unpaired) electrons. The second kappa shape index (κ2) is 11.9. The Kier molecular flexibility index (Phi) is 8.42.